The zero-order valence-corrected chi connectivity index (χ0v) is 25.5. The fourth-order valence-electron chi connectivity index (χ4n) is 11.7. The van der Waals surface area contributed by atoms with Crippen molar-refractivity contribution in [2.45, 2.75) is 118 Å². The molecule has 6 aliphatic rings. The molecule has 0 unspecified atom stereocenters. The van der Waals surface area contributed by atoms with Crippen LogP contribution in [0, 0.1) is 57.7 Å². The van der Waals surface area contributed by atoms with E-state index in [0.717, 1.165) is 37.4 Å². The van der Waals surface area contributed by atoms with Crippen LogP contribution in [0.3, 0.4) is 0 Å². The van der Waals surface area contributed by atoms with Gasteiger partial charge in [-0.25, -0.2) is 0 Å². The van der Waals surface area contributed by atoms with Gasteiger partial charge in [0.15, 0.2) is 5.79 Å². The van der Waals surface area contributed by atoms with E-state index >= 15 is 0 Å². The summed E-state index contributed by atoms with van der Waals surface area (Å²) in [6.45, 7) is 21.0. The van der Waals surface area contributed by atoms with Gasteiger partial charge in [-0.3, -0.25) is 0 Å². The first-order valence-corrected chi connectivity index (χ1v) is 19.0. The summed E-state index contributed by atoms with van der Waals surface area (Å²) in [4.78, 5) is 0. The molecule has 204 valence electrons. The van der Waals surface area contributed by atoms with E-state index in [1.807, 2.05) is 0 Å². The van der Waals surface area contributed by atoms with Gasteiger partial charge in [-0.15, -0.1) is 0 Å². The minimum absolute atomic E-state index is 0.292. The van der Waals surface area contributed by atoms with Crippen LogP contribution in [0.5, 0.6) is 0 Å². The third kappa shape index (κ3) is 3.26. The number of fused-ring (bicyclic) bond motifs is 4. The van der Waals surface area contributed by atoms with Crippen LogP contribution in [0.4, 0.5) is 0 Å². The number of aliphatic hydroxyl groups excluding tert-OH is 1. The van der Waals surface area contributed by atoms with Crippen LogP contribution < -0.4 is 0 Å². The summed E-state index contributed by atoms with van der Waals surface area (Å²) in [5.41, 5.74) is 1.02. The minimum Gasteiger partial charge on any atom is -0.389 e. The summed E-state index contributed by atoms with van der Waals surface area (Å²) in [7, 11) is -1.59. The lowest BCUT2D eigenvalue weighted by atomic mass is 9.44. The summed E-state index contributed by atoms with van der Waals surface area (Å²) < 4.78 is 13.4. The van der Waals surface area contributed by atoms with Crippen LogP contribution >= 0.6 is 0 Å². The Kier molecular flexibility index (Phi) is 5.92. The van der Waals surface area contributed by atoms with Gasteiger partial charge in [0, 0.05) is 11.8 Å². The third-order valence-electron chi connectivity index (χ3n) is 13.2. The Morgan fingerprint density at radius 3 is 2.22 bits per heavy atom. The van der Waals surface area contributed by atoms with Crippen molar-refractivity contribution < 1.29 is 14.6 Å². The zero-order valence-electron chi connectivity index (χ0n) is 24.5. The van der Waals surface area contributed by atoms with Gasteiger partial charge in [0.2, 0.25) is 0 Å². The van der Waals surface area contributed by atoms with Gasteiger partial charge in [-0.2, -0.15) is 0 Å². The molecule has 4 heteroatoms. The molecule has 0 aromatic heterocycles. The molecule has 5 saturated carbocycles. The van der Waals surface area contributed by atoms with Crippen LogP contribution in [0.25, 0.3) is 0 Å². The van der Waals surface area contributed by atoms with E-state index in [-0.39, 0.29) is 11.9 Å². The predicted octanol–water partition coefficient (Wildman–Crippen LogP) is 7.46. The first-order chi connectivity index (χ1) is 16.8. The van der Waals surface area contributed by atoms with Gasteiger partial charge in [-0.1, -0.05) is 65.5 Å². The summed E-state index contributed by atoms with van der Waals surface area (Å²) in [6.07, 6.45) is 12.7. The van der Waals surface area contributed by atoms with Crippen molar-refractivity contribution in [2.75, 3.05) is 13.2 Å². The lowest BCUT2D eigenvalue weighted by Gasteiger charge is -2.63. The molecule has 0 amide bonds. The SMILES string of the molecule is CC(C)/C=C(\[C@H](O)[C@@H](C)[C@H]1CC[C@H]2[C@@H]3CC4(OCCO4)[C@]45C[C@@H]4CC[C@]5(C)[C@H]3CC[C@]12C)[Si](C)(C)C. The lowest BCUT2D eigenvalue weighted by molar-refractivity contribution is -0.294. The van der Waals surface area contributed by atoms with Crippen molar-refractivity contribution in [1.29, 1.82) is 0 Å². The van der Waals surface area contributed by atoms with E-state index in [0.29, 0.717) is 39.9 Å². The third-order valence-corrected chi connectivity index (χ3v) is 15.4. The highest BCUT2D eigenvalue weighted by Gasteiger charge is 2.83. The molecule has 2 spiro atoms. The average Bonchev–Trinajstić information content (AvgIpc) is 3.05. The van der Waals surface area contributed by atoms with Crippen molar-refractivity contribution in [3.63, 3.8) is 0 Å². The van der Waals surface area contributed by atoms with Crippen molar-refractivity contribution >= 4 is 8.07 Å². The van der Waals surface area contributed by atoms with E-state index in [1.54, 1.807) is 0 Å². The maximum Gasteiger partial charge on any atom is 0.175 e. The molecule has 0 bridgehead atoms. The molecule has 1 heterocycles. The second kappa shape index (κ2) is 8.18. The molecule has 0 radical (unpaired) electrons. The number of hydrogen-bond donors (Lipinski definition) is 1. The monoisotopic (exact) mass is 514 g/mol. The van der Waals surface area contributed by atoms with Crippen LogP contribution in [0.15, 0.2) is 11.3 Å². The second-order valence-electron chi connectivity index (χ2n) is 16.0. The highest BCUT2D eigenvalue weighted by Crippen LogP contribution is 2.85. The summed E-state index contributed by atoms with van der Waals surface area (Å²) in [5, 5.41) is 13.2. The first-order valence-electron chi connectivity index (χ1n) is 15.5. The highest BCUT2D eigenvalue weighted by molar-refractivity contribution is 6.83. The quantitative estimate of drug-likeness (QED) is 0.387. The largest absolute Gasteiger partial charge is 0.389 e. The Balaban J connectivity index is 1.30. The highest BCUT2D eigenvalue weighted by atomic mass is 28.3. The molecule has 1 N–H and O–H groups in total. The summed E-state index contributed by atoms with van der Waals surface area (Å²) in [5.74, 6) is 4.26. The summed E-state index contributed by atoms with van der Waals surface area (Å²) in [6, 6.07) is 0. The molecule has 1 saturated heterocycles. The Labute approximate surface area is 222 Å². The van der Waals surface area contributed by atoms with Crippen LogP contribution in [0.2, 0.25) is 19.6 Å². The number of rotatable bonds is 5. The Bertz CT molecular complexity index is 915. The average molecular weight is 515 g/mol. The molecular formula is C32H54O3Si. The minimum atomic E-state index is -1.59. The predicted molar refractivity (Wildman–Crippen MR) is 149 cm³/mol. The number of ether oxygens (including phenoxy) is 2. The second-order valence-corrected chi connectivity index (χ2v) is 21.1. The molecule has 36 heavy (non-hydrogen) atoms. The van der Waals surface area contributed by atoms with Crippen molar-refractivity contribution in [3.8, 4) is 0 Å². The van der Waals surface area contributed by atoms with Gasteiger partial charge in [-0.05, 0) is 97.2 Å². The topological polar surface area (TPSA) is 38.7 Å². The Morgan fingerprint density at radius 2 is 1.61 bits per heavy atom. The lowest BCUT2D eigenvalue weighted by Crippen LogP contribution is -2.62. The van der Waals surface area contributed by atoms with Gasteiger partial charge < -0.3 is 14.6 Å². The van der Waals surface area contributed by atoms with E-state index in [1.165, 1.54) is 50.1 Å². The number of hydrogen-bond acceptors (Lipinski definition) is 3. The van der Waals surface area contributed by atoms with Gasteiger partial charge in [0.05, 0.1) is 27.4 Å². The van der Waals surface area contributed by atoms with Gasteiger partial charge >= 0.3 is 0 Å². The molecule has 5 aliphatic carbocycles. The Morgan fingerprint density at radius 1 is 0.917 bits per heavy atom. The zero-order chi connectivity index (χ0) is 25.9. The van der Waals surface area contributed by atoms with E-state index < -0.39 is 8.07 Å². The fraction of sp³-hybridized carbons (Fsp3) is 0.938. The van der Waals surface area contributed by atoms with Crippen LogP contribution in [-0.4, -0.2) is 38.3 Å². The van der Waals surface area contributed by atoms with E-state index in [9.17, 15) is 5.11 Å². The fourth-order valence-corrected chi connectivity index (χ4v) is 13.7. The molecular weight excluding hydrogens is 460 g/mol. The normalized spacial score (nSPS) is 48.9. The van der Waals surface area contributed by atoms with Crippen molar-refractivity contribution in [3.05, 3.63) is 11.3 Å². The van der Waals surface area contributed by atoms with Crippen molar-refractivity contribution in [2.24, 2.45) is 57.7 Å². The first kappa shape index (κ1) is 26.1. The number of aliphatic hydroxyl groups is 1. The molecule has 10 atom stereocenters. The van der Waals surface area contributed by atoms with E-state index in [2.05, 4.69) is 60.3 Å². The molecule has 3 nitrogen and oxygen atoms in total. The molecule has 0 aromatic carbocycles. The van der Waals surface area contributed by atoms with Crippen molar-refractivity contribution in [1.82, 2.24) is 0 Å². The Hall–Kier alpha value is -0.163. The van der Waals surface area contributed by atoms with E-state index in [4.69, 9.17) is 9.47 Å². The van der Waals surface area contributed by atoms with Crippen LogP contribution in [0.1, 0.15) is 86.0 Å². The molecule has 6 fully saturated rings. The molecule has 6 rings (SSSR count). The summed E-state index contributed by atoms with van der Waals surface area (Å²) >= 11 is 0. The maximum absolute atomic E-state index is 11.9. The smallest absolute Gasteiger partial charge is 0.175 e. The standard InChI is InChI=1S/C32H54O3Si/c1-20(2)17-27(36(6,7)8)28(33)21(3)24-9-10-25-23-19-32(34-15-16-35-32)31-18-22(31)11-14-30(31,5)26(23)12-13-29(24,25)4/h17,20-26,28,33H,9-16,18-19H2,1-8H3/b27-17+/t21-,22-,23-,24+,25-,26-,28+,29+,30+,31+/m0/s1. The maximum atomic E-state index is 11.9. The van der Waals surface area contributed by atoms with Crippen LogP contribution in [-0.2, 0) is 9.47 Å². The number of allylic oxidation sites excluding steroid dienone is 1. The van der Waals surface area contributed by atoms with Gasteiger partial charge in [0.25, 0.3) is 0 Å². The molecule has 1 aliphatic heterocycles. The molecule has 0 aromatic rings. The van der Waals surface area contributed by atoms with Gasteiger partial charge in [0.1, 0.15) is 0 Å².